The molecule has 0 atom stereocenters. The lowest BCUT2D eigenvalue weighted by atomic mass is 10.1. The number of amides is 2. The number of aryl methyl sites for hydroxylation is 2. The molecule has 0 bridgehead atoms. The summed E-state index contributed by atoms with van der Waals surface area (Å²) in [7, 11) is 1.53. The maximum Gasteiger partial charge on any atom is 0.266 e. The summed E-state index contributed by atoms with van der Waals surface area (Å²) in [6.07, 6.45) is 1.50. The van der Waals surface area contributed by atoms with Crippen molar-refractivity contribution in [3.8, 4) is 17.6 Å². The van der Waals surface area contributed by atoms with Crippen molar-refractivity contribution in [3.63, 3.8) is 0 Å². The minimum atomic E-state index is -0.484. The van der Waals surface area contributed by atoms with Gasteiger partial charge in [0.15, 0.2) is 6.61 Å². The first-order chi connectivity index (χ1) is 16.4. The monoisotopic (exact) mass is 455 g/mol. The number of methoxy groups -OCH3 is 1. The third-order valence-corrected chi connectivity index (χ3v) is 4.94. The van der Waals surface area contributed by atoms with Crippen molar-refractivity contribution in [2.75, 3.05) is 24.4 Å². The molecule has 34 heavy (non-hydrogen) atoms. The fourth-order valence-corrected chi connectivity index (χ4v) is 3.20. The van der Waals surface area contributed by atoms with E-state index in [0.717, 1.165) is 11.1 Å². The van der Waals surface area contributed by atoms with E-state index in [-0.39, 0.29) is 18.1 Å². The Balaban J connectivity index is 1.59. The van der Waals surface area contributed by atoms with Crippen LogP contribution in [0.3, 0.4) is 0 Å². The number of hydrogen-bond donors (Lipinski definition) is 2. The second-order valence-corrected chi connectivity index (χ2v) is 7.55. The molecular weight excluding hydrogens is 430 g/mol. The van der Waals surface area contributed by atoms with Crippen LogP contribution in [0.25, 0.3) is 6.08 Å². The van der Waals surface area contributed by atoms with Crippen molar-refractivity contribution < 1.29 is 19.1 Å². The van der Waals surface area contributed by atoms with Crippen LogP contribution in [-0.2, 0) is 9.59 Å². The molecule has 0 heterocycles. The van der Waals surface area contributed by atoms with Crippen LogP contribution in [0.5, 0.6) is 11.5 Å². The van der Waals surface area contributed by atoms with Crippen molar-refractivity contribution in [1.29, 1.82) is 5.26 Å². The highest BCUT2D eigenvalue weighted by Gasteiger charge is 2.11. The average Bonchev–Trinajstić information content (AvgIpc) is 2.84. The summed E-state index contributed by atoms with van der Waals surface area (Å²) in [6, 6.07) is 21.4. The van der Waals surface area contributed by atoms with E-state index in [1.165, 1.54) is 13.2 Å². The summed E-state index contributed by atoms with van der Waals surface area (Å²) in [5.41, 5.74) is 3.85. The van der Waals surface area contributed by atoms with Gasteiger partial charge in [-0.15, -0.1) is 0 Å². The fourth-order valence-electron chi connectivity index (χ4n) is 3.20. The van der Waals surface area contributed by atoms with Gasteiger partial charge in [-0.05, 0) is 61.4 Å². The summed E-state index contributed by atoms with van der Waals surface area (Å²) in [5, 5.41) is 15.0. The second kappa shape index (κ2) is 11.3. The first-order valence-corrected chi connectivity index (χ1v) is 10.6. The number of anilines is 2. The predicted molar refractivity (Wildman–Crippen MR) is 132 cm³/mol. The van der Waals surface area contributed by atoms with E-state index in [0.29, 0.717) is 28.4 Å². The van der Waals surface area contributed by atoms with Crippen LogP contribution in [0.4, 0.5) is 11.4 Å². The molecule has 0 radical (unpaired) electrons. The van der Waals surface area contributed by atoms with Crippen LogP contribution < -0.4 is 20.1 Å². The van der Waals surface area contributed by atoms with Crippen LogP contribution in [0.1, 0.15) is 16.7 Å². The molecule has 3 aromatic rings. The maximum absolute atomic E-state index is 12.5. The summed E-state index contributed by atoms with van der Waals surface area (Å²) in [4.78, 5) is 24.7. The number of nitrogens with one attached hydrogen (secondary N) is 2. The van der Waals surface area contributed by atoms with Crippen LogP contribution in [0, 0.1) is 25.2 Å². The van der Waals surface area contributed by atoms with Crippen LogP contribution in [0.2, 0.25) is 0 Å². The van der Waals surface area contributed by atoms with Crippen LogP contribution >= 0.6 is 0 Å². The molecule has 3 aromatic carbocycles. The minimum absolute atomic E-state index is 0.0233. The highest BCUT2D eigenvalue weighted by Crippen LogP contribution is 2.23. The molecule has 0 aliphatic carbocycles. The second-order valence-electron chi connectivity index (χ2n) is 7.55. The molecule has 0 saturated heterocycles. The summed E-state index contributed by atoms with van der Waals surface area (Å²) < 4.78 is 10.7. The molecule has 0 spiro atoms. The van der Waals surface area contributed by atoms with E-state index in [1.54, 1.807) is 42.5 Å². The molecule has 0 aliphatic heterocycles. The Hall–Kier alpha value is -4.57. The standard InChI is InChI=1S/C27H25N3O4/c1-18-8-13-23(19(2)14-18)30-27(32)21(16-28)15-20-9-11-22(12-10-20)34-17-26(31)29-24-6-4-5-7-25(24)33-3/h4-15H,17H2,1-3H3,(H,29,31)(H,30,32)/b21-15+. The first-order valence-electron chi connectivity index (χ1n) is 10.6. The maximum atomic E-state index is 12.5. The van der Waals surface area contributed by atoms with Gasteiger partial charge in [-0.25, -0.2) is 0 Å². The molecule has 7 nitrogen and oxygen atoms in total. The van der Waals surface area contributed by atoms with Gasteiger partial charge in [-0.3, -0.25) is 9.59 Å². The normalized spacial score (nSPS) is 10.7. The summed E-state index contributed by atoms with van der Waals surface area (Å²) in [5.74, 6) is 0.221. The van der Waals surface area contributed by atoms with Gasteiger partial charge in [-0.1, -0.05) is 42.0 Å². The zero-order chi connectivity index (χ0) is 24.5. The zero-order valence-electron chi connectivity index (χ0n) is 19.2. The van der Waals surface area contributed by atoms with Gasteiger partial charge in [0, 0.05) is 5.69 Å². The van der Waals surface area contributed by atoms with Crippen LogP contribution in [0.15, 0.2) is 72.3 Å². The molecule has 7 heteroatoms. The fraction of sp³-hybridized carbons (Fsp3) is 0.148. The van der Waals surface area contributed by atoms with Crippen LogP contribution in [-0.4, -0.2) is 25.5 Å². The number of para-hydroxylation sites is 2. The summed E-state index contributed by atoms with van der Waals surface area (Å²) in [6.45, 7) is 3.68. The lowest BCUT2D eigenvalue weighted by molar-refractivity contribution is -0.118. The SMILES string of the molecule is COc1ccccc1NC(=O)COc1ccc(/C=C(\C#N)C(=O)Nc2ccc(C)cc2C)cc1. The minimum Gasteiger partial charge on any atom is -0.495 e. The molecule has 3 rings (SSSR count). The molecule has 0 aliphatic rings. The smallest absolute Gasteiger partial charge is 0.266 e. The highest BCUT2D eigenvalue weighted by molar-refractivity contribution is 6.10. The van der Waals surface area contributed by atoms with Crippen molar-refractivity contribution in [2.24, 2.45) is 0 Å². The van der Waals surface area contributed by atoms with Crippen molar-refractivity contribution in [2.45, 2.75) is 13.8 Å². The lowest BCUT2D eigenvalue weighted by Gasteiger charge is -2.11. The third-order valence-electron chi connectivity index (χ3n) is 4.94. The predicted octanol–water partition coefficient (Wildman–Crippen LogP) is 4.88. The molecule has 0 aromatic heterocycles. The number of nitrogens with zero attached hydrogens (tertiary/aromatic N) is 1. The third kappa shape index (κ3) is 6.47. The molecule has 0 fully saturated rings. The van der Waals surface area contributed by atoms with Gasteiger partial charge >= 0.3 is 0 Å². The molecule has 0 saturated carbocycles. The van der Waals surface area contributed by atoms with E-state index in [4.69, 9.17) is 9.47 Å². The van der Waals surface area contributed by atoms with Crippen molar-refractivity contribution in [3.05, 3.63) is 89.0 Å². The van der Waals surface area contributed by atoms with Gasteiger partial charge in [0.05, 0.1) is 12.8 Å². The molecule has 2 amide bonds. The van der Waals surface area contributed by atoms with E-state index in [1.807, 2.05) is 44.2 Å². The lowest BCUT2D eigenvalue weighted by Crippen LogP contribution is -2.20. The number of nitriles is 1. The van der Waals surface area contributed by atoms with Gasteiger partial charge in [0.1, 0.15) is 23.1 Å². The Kier molecular flexibility index (Phi) is 8.03. The van der Waals surface area contributed by atoms with E-state index < -0.39 is 5.91 Å². The molecule has 2 N–H and O–H groups in total. The van der Waals surface area contributed by atoms with Crippen molar-refractivity contribution in [1.82, 2.24) is 0 Å². The largest absolute Gasteiger partial charge is 0.495 e. The Morgan fingerprint density at radius 2 is 1.71 bits per heavy atom. The number of hydrogen-bond acceptors (Lipinski definition) is 5. The number of ether oxygens (including phenoxy) is 2. The topological polar surface area (TPSA) is 100 Å². The van der Waals surface area contributed by atoms with E-state index in [2.05, 4.69) is 10.6 Å². The first kappa shape index (κ1) is 24.1. The summed E-state index contributed by atoms with van der Waals surface area (Å²) >= 11 is 0. The Labute approximate surface area is 198 Å². The van der Waals surface area contributed by atoms with Gasteiger partial charge in [0.25, 0.3) is 11.8 Å². The molecule has 172 valence electrons. The van der Waals surface area contributed by atoms with Crippen molar-refractivity contribution >= 4 is 29.3 Å². The Morgan fingerprint density at radius 1 is 0.971 bits per heavy atom. The van der Waals surface area contributed by atoms with Gasteiger partial charge < -0.3 is 20.1 Å². The quantitative estimate of drug-likeness (QED) is 0.373. The van der Waals surface area contributed by atoms with Gasteiger partial charge in [0.2, 0.25) is 0 Å². The molecule has 0 unspecified atom stereocenters. The number of benzene rings is 3. The number of carbonyl (C=O) groups is 2. The van der Waals surface area contributed by atoms with E-state index >= 15 is 0 Å². The number of carbonyl (C=O) groups excluding carboxylic acids is 2. The number of rotatable bonds is 8. The Morgan fingerprint density at radius 3 is 2.38 bits per heavy atom. The highest BCUT2D eigenvalue weighted by atomic mass is 16.5. The average molecular weight is 456 g/mol. The van der Waals surface area contributed by atoms with Gasteiger partial charge in [-0.2, -0.15) is 5.26 Å². The zero-order valence-corrected chi connectivity index (χ0v) is 19.2. The van der Waals surface area contributed by atoms with E-state index in [9.17, 15) is 14.9 Å². The Bertz CT molecular complexity index is 1260. The molecular formula is C27H25N3O4.